The normalized spacial score (nSPS) is 18.1. The number of rotatable bonds is 1. The Morgan fingerprint density at radius 1 is 1.24 bits per heavy atom. The van der Waals surface area contributed by atoms with Gasteiger partial charge < -0.3 is 15.6 Å². The second kappa shape index (κ2) is 3.97. The van der Waals surface area contributed by atoms with Crippen LogP contribution in [0.15, 0.2) is 35.1 Å². The van der Waals surface area contributed by atoms with Crippen LogP contribution in [0.5, 0.6) is 0 Å². The number of aromatic amines is 1. The highest BCUT2D eigenvalue weighted by atomic mass is 32.1. The SMILES string of the molecule is O=c1[nH]c2c(s1)NC(=S)NC2c1ccccc1. The van der Waals surface area contributed by atoms with Gasteiger partial charge in [-0.3, -0.25) is 4.79 Å². The Hall–Kier alpha value is -1.66. The fraction of sp³-hybridized carbons (Fsp3) is 0.0909. The van der Waals surface area contributed by atoms with Crippen LogP contribution in [0.4, 0.5) is 5.00 Å². The minimum Gasteiger partial charge on any atom is -0.350 e. The third-order valence-corrected chi connectivity index (χ3v) is 3.63. The van der Waals surface area contributed by atoms with E-state index < -0.39 is 0 Å². The maximum Gasteiger partial charge on any atom is 0.306 e. The van der Waals surface area contributed by atoms with Crippen molar-refractivity contribution in [2.45, 2.75) is 6.04 Å². The Morgan fingerprint density at radius 3 is 2.76 bits per heavy atom. The minimum atomic E-state index is -0.0844. The number of hydrogen-bond acceptors (Lipinski definition) is 3. The number of H-pyrrole nitrogens is 1. The molecule has 4 nitrogen and oxygen atoms in total. The molecule has 1 aliphatic rings. The molecule has 0 amide bonds. The zero-order valence-electron chi connectivity index (χ0n) is 8.69. The van der Waals surface area contributed by atoms with Gasteiger partial charge in [-0.1, -0.05) is 41.7 Å². The van der Waals surface area contributed by atoms with E-state index in [4.69, 9.17) is 12.2 Å². The van der Waals surface area contributed by atoms with Gasteiger partial charge in [0.1, 0.15) is 5.00 Å². The number of anilines is 1. The molecule has 0 radical (unpaired) electrons. The molecule has 0 saturated heterocycles. The van der Waals surface area contributed by atoms with Crippen LogP contribution in [0.1, 0.15) is 17.3 Å². The number of nitrogens with one attached hydrogen (secondary N) is 3. The molecular formula is C11H9N3OS2. The van der Waals surface area contributed by atoms with Crippen molar-refractivity contribution in [3.8, 4) is 0 Å². The maximum atomic E-state index is 11.4. The molecule has 1 aliphatic heterocycles. The van der Waals surface area contributed by atoms with E-state index in [0.29, 0.717) is 5.11 Å². The van der Waals surface area contributed by atoms with Crippen molar-refractivity contribution >= 4 is 33.7 Å². The van der Waals surface area contributed by atoms with Gasteiger partial charge in [-0.25, -0.2) is 0 Å². The number of benzene rings is 1. The molecule has 1 aromatic heterocycles. The number of aromatic nitrogens is 1. The third kappa shape index (κ3) is 1.85. The standard InChI is InChI=1S/C11H9N3OS2/c15-11-13-8-7(6-4-2-1-3-5-6)12-10(16)14-9(8)17-11/h1-5,7H,(H,13,15)(H2,12,14,16). The molecule has 2 heterocycles. The van der Waals surface area contributed by atoms with Gasteiger partial charge in [0.25, 0.3) is 0 Å². The lowest BCUT2D eigenvalue weighted by atomic mass is 10.0. The van der Waals surface area contributed by atoms with Crippen molar-refractivity contribution in [2.24, 2.45) is 0 Å². The molecule has 0 spiro atoms. The van der Waals surface area contributed by atoms with E-state index in [1.165, 1.54) is 0 Å². The fourth-order valence-corrected chi connectivity index (χ4v) is 2.94. The largest absolute Gasteiger partial charge is 0.350 e. The zero-order valence-corrected chi connectivity index (χ0v) is 10.3. The second-order valence-electron chi connectivity index (χ2n) is 3.70. The molecule has 1 unspecified atom stereocenters. The Morgan fingerprint density at radius 2 is 2.00 bits per heavy atom. The van der Waals surface area contributed by atoms with Crippen molar-refractivity contribution in [3.63, 3.8) is 0 Å². The van der Waals surface area contributed by atoms with Crippen LogP contribution in [0.2, 0.25) is 0 Å². The molecule has 1 atom stereocenters. The van der Waals surface area contributed by atoms with Gasteiger partial charge in [-0.15, -0.1) is 0 Å². The first-order valence-corrected chi connectivity index (χ1v) is 6.32. The summed E-state index contributed by atoms with van der Waals surface area (Å²) in [4.78, 5) is 14.2. The maximum absolute atomic E-state index is 11.4. The molecule has 17 heavy (non-hydrogen) atoms. The lowest BCUT2D eigenvalue weighted by molar-refractivity contribution is 0.734. The van der Waals surface area contributed by atoms with Crippen LogP contribution in [-0.2, 0) is 0 Å². The third-order valence-electron chi connectivity index (χ3n) is 2.60. The summed E-state index contributed by atoms with van der Waals surface area (Å²) in [7, 11) is 0. The highest BCUT2D eigenvalue weighted by Crippen LogP contribution is 2.31. The van der Waals surface area contributed by atoms with Crippen LogP contribution in [0.25, 0.3) is 0 Å². The van der Waals surface area contributed by atoms with E-state index >= 15 is 0 Å². The monoisotopic (exact) mass is 263 g/mol. The molecule has 3 N–H and O–H groups in total. The summed E-state index contributed by atoms with van der Waals surface area (Å²) < 4.78 is 0. The molecule has 3 rings (SSSR count). The molecule has 86 valence electrons. The molecular weight excluding hydrogens is 254 g/mol. The van der Waals surface area contributed by atoms with E-state index in [1.54, 1.807) is 0 Å². The van der Waals surface area contributed by atoms with E-state index in [9.17, 15) is 4.79 Å². The molecule has 6 heteroatoms. The van der Waals surface area contributed by atoms with Crippen molar-refractivity contribution < 1.29 is 0 Å². The average molecular weight is 263 g/mol. The first-order valence-electron chi connectivity index (χ1n) is 5.09. The lowest BCUT2D eigenvalue weighted by Gasteiger charge is -2.26. The van der Waals surface area contributed by atoms with Gasteiger partial charge >= 0.3 is 4.87 Å². The number of thiocarbonyl (C=S) groups is 1. The Kier molecular flexibility index (Phi) is 2.45. The smallest absolute Gasteiger partial charge is 0.306 e. The summed E-state index contributed by atoms with van der Waals surface area (Å²) in [6, 6.07) is 9.81. The summed E-state index contributed by atoms with van der Waals surface area (Å²) in [5, 5.41) is 7.49. The van der Waals surface area contributed by atoms with Gasteiger partial charge in [-0.2, -0.15) is 0 Å². The van der Waals surface area contributed by atoms with Crippen molar-refractivity contribution in [1.82, 2.24) is 10.3 Å². The van der Waals surface area contributed by atoms with Crippen LogP contribution >= 0.6 is 23.6 Å². The van der Waals surface area contributed by atoms with Gasteiger partial charge in [0.15, 0.2) is 5.11 Å². The number of hydrogen-bond donors (Lipinski definition) is 3. The van der Waals surface area contributed by atoms with Gasteiger partial charge in [0, 0.05) is 0 Å². The van der Waals surface area contributed by atoms with Crippen LogP contribution in [0, 0.1) is 0 Å². The van der Waals surface area contributed by atoms with Gasteiger partial charge in [0.2, 0.25) is 0 Å². The van der Waals surface area contributed by atoms with E-state index in [0.717, 1.165) is 27.6 Å². The average Bonchev–Trinajstić information content (AvgIpc) is 2.69. The zero-order chi connectivity index (χ0) is 11.8. The number of thiazole rings is 1. The minimum absolute atomic E-state index is 0.0741. The summed E-state index contributed by atoms with van der Waals surface area (Å²) in [5.41, 5.74) is 1.92. The van der Waals surface area contributed by atoms with Gasteiger partial charge in [-0.05, 0) is 17.8 Å². The van der Waals surface area contributed by atoms with Crippen LogP contribution in [-0.4, -0.2) is 10.1 Å². The Labute approximate surface area is 107 Å². The molecule has 0 saturated carbocycles. The highest BCUT2D eigenvalue weighted by molar-refractivity contribution is 7.80. The molecule has 0 bridgehead atoms. The molecule has 2 aromatic rings. The van der Waals surface area contributed by atoms with Crippen molar-refractivity contribution in [2.75, 3.05) is 5.32 Å². The first kappa shape index (κ1) is 10.5. The van der Waals surface area contributed by atoms with E-state index in [2.05, 4.69) is 15.6 Å². The topological polar surface area (TPSA) is 56.9 Å². The predicted molar refractivity (Wildman–Crippen MR) is 72.6 cm³/mol. The van der Waals surface area contributed by atoms with Gasteiger partial charge in [0.05, 0.1) is 11.7 Å². The van der Waals surface area contributed by atoms with Crippen molar-refractivity contribution in [1.29, 1.82) is 0 Å². The first-order chi connectivity index (χ1) is 8.24. The fourth-order valence-electron chi connectivity index (χ4n) is 1.87. The summed E-state index contributed by atoms with van der Waals surface area (Å²) >= 11 is 6.28. The van der Waals surface area contributed by atoms with E-state index in [-0.39, 0.29) is 10.9 Å². The van der Waals surface area contributed by atoms with Crippen LogP contribution < -0.4 is 15.5 Å². The molecule has 1 aromatic carbocycles. The summed E-state index contributed by atoms with van der Waals surface area (Å²) in [6.07, 6.45) is 0. The van der Waals surface area contributed by atoms with E-state index in [1.807, 2.05) is 30.3 Å². The number of fused-ring (bicyclic) bond motifs is 1. The lowest BCUT2D eigenvalue weighted by Crippen LogP contribution is -2.37. The summed E-state index contributed by atoms with van der Waals surface area (Å²) in [6.45, 7) is 0. The van der Waals surface area contributed by atoms with Crippen molar-refractivity contribution in [3.05, 3.63) is 51.3 Å². The Bertz CT molecular complexity index is 617. The molecule has 0 fully saturated rings. The quantitative estimate of drug-likeness (QED) is 0.687. The van der Waals surface area contributed by atoms with Crippen LogP contribution in [0.3, 0.4) is 0 Å². The molecule has 0 aliphatic carbocycles. The highest BCUT2D eigenvalue weighted by Gasteiger charge is 2.26. The summed E-state index contributed by atoms with van der Waals surface area (Å²) in [5.74, 6) is 0. The second-order valence-corrected chi connectivity index (χ2v) is 5.09. The Balaban J connectivity index is 2.12. The predicted octanol–water partition coefficient (Wildman–Crippen LogP) is 1.83.